The molecule has 1 rings (SSSR count). The van der Waals surface area contributed by atoms with Gasteiger partial charge >= 0.3 is 0 Å². The zero-order valence-electron chi connectivity index (χ0n) is 11.6. The summed E-state index contributed by atoms with van der Waals surface area (Å²) in [5, 5.41) is 6.24. The second-order valence-electron chi connectivity index (χ2n) is 5.24. The number of hydrogen-bond donors (Lipinski definition) is 2. The number of rotatable bonds is 7. The Morgan fingerprint density at radius 3 is 2.59 bits per heavy atom. The first kappa shape index (κ1) is 14.5. The van der Waals surface area contributed by atoms with Gasteiger partial charge in [-0.2, -0.15) is 0 Å². The van der Waals surface area contributed by atoms with E-state index in [-0.39, 0.29) is 11.8 Å². The molecular weight excluding hydrogens is 214 g/mol. The van der Waals surface area contributed by atoms with Crippen LogP contribution in [0.4, 0.5) is 0 Å². The highest BCUT2D eigenvalue weighted by molar-refractivity contribution is 5.78. The molecule has 100 valence electrons. The van der Waals surface area contributed by atoms with Crippen LogP contribution in [0.5, 0.6) is 0 Å². The van der Waals surface area contributed by atoms with Crippen molar-refractivity contribution in [2.45, 2.75) is 33.2 Å². The van der Waals surface area contributed by atoms with Crippen LogP contribution in [0.25, 0.3) is 0 Å². The molecule has 0 bridgehead atoms. The average molecular weight is 241 g/mol. The van der Waals surface area contributed by atoms with E-state index in [4.69, 9.17) is 0 Å². The second-order valence-corrected chi connectivity index (χ2v) is 5.24. The highest BCUT2D eigenvalue weighted by atomic mass is 16.1. The van der Waals surface area contributed by atoms with Crippen LogP contribution in [0.1, 0.15) is 27.2 Å². The Morgan fingerprint density at radius 2 is 2.12 bits per heavy atom. The lowest BCUT2D eigenvalue weighted by Crippen LogP contribution is -2.50. The number of likely N-dealkylation sites (N-methyl/N-ethyl adjacent to an activating group) is 1. The Kier molecular flexibility index (Phi) is 5.92. The third kappa shape index (κ3) is 4.28. The minimum Gasteiger partial charge on any atom is -0.355 e. The van der Waals surface area contributed by atoms with Crippen LogP contribution in [0.2, 0.25) is 0 Å². The average Bonchev–Trinajstić information content (AvgIpc) is 2.25. The monoisotopic (exact) mass is 241 g/mol. The largest absolute Gasteiger partial charge is 0.355 e. The molecule has 2 atom stereocenters. The zero-order valence-corrected chi connectivity index (χ0v) is 11.6. The molecule has 2 N–H and O–H groups in total. The fraction of sp³-hybridized carbons (Fsp3) is 0.923. The van der Waals surface area contributed by atoms with Crippen LogP contribution < -0.4 is 10.6 Å². The van der Waals surface area contributed by atoms with Gasteiger partial charge in [0.1, 0.15) is 0 Å². The number of amides is 1. The Labute approximate surface area is 105 Å². The van der Waals surface area contributed by atoms with Crippen molar-refractivity contribution in [1.82, 2.24) is 15.5 Å². The molecule has 0 aromatic rings. The summed E-state index contributed by atoms with van der Waals surface area (Å²) in [5.74, 6) is 0.876. The van der Waals surface area contributed by atoms with Crippen LogP contribution in [-0.2, 0) is 4.79 Å². The van der Waals surface area contributed by atoms with E-state index in [1.807, 2.05) is 6.92 Å². The summed E-state index contributed by atoms with van der Waals surface area (Å²) in [6.07, 6.45) is 1.15. The van der Waals surface area contributed by atoms with Gasteiger partial charge in [-0.25, -0.2) is 0 Å². The fourth-order valence-corrected chi connectivity index (χ4v) is 1.93. The topological polar surface area (TPSA) is 44.4 Å². The minimum absolute atomic E-state index is 0.144. The first-order chi connectivity index (χ1) is 8.06. The van der Waals surface area contributed by atoms with Crippen molar-refractivity contribution in [1.29, 1.82) is 0 Å². The Balaban J connectivity index is 2.15. The van der Waals surface area contributed by atoms with E-state index < -0.39 is 0 Å². The first-order valence-electron chi connectivity index (χ1n) is 6.74. The number of nitrogens with one attached hydrogen (secondary N) is 2. The van der Waals surface area contributed by atoms with Gasteiger partial charge in [0, 0.05) is 25.0 Å². The van der Waals surface area contributed by atoms with Gasteiger partial charge in [-0.1, -0.05) is 13.8 Å². The lowest BCUT2D eigenvalue weighted by atomic mass is 9.88. The molecule has 0 saturated carbocycles. The molecule has 0 spiro atoms. The molecule has 0 aromatic carbocycles. The fourth-order valence-electron chi connectivity index (χ4n) is 1.93. The van der Waals surface area contributed by atoms with Crippen LogP contribution in [-0.4, -0.2) is 50.1 Å². The van der Waals surface area contributed by atoms with Gasteiger partial charge in [0.05, 0.1) is 0 Å². The zero-order chi connectivity index (χ0) is 12.8. The summed E-state index contributed by atoms with van der Waals surface area (Å²) < 4.78 is 0. The van der Waals surface area contributed by atoms with Gasteiger partial charge in [0.2, 0.25) is 5.91 Å². The van der Waals surface area contributed by atoms with Gasteiger partial charge in [-0.05, 0) is 39.4 Å². The van der Waals surface area contributed by atoms with Crippen LogP contribution in [0.15, 0.2) is 0 Å². The SMILES string of the molecule is CCC(C)N(C)CCNC(=O)C(C)C1CNC1. The maximum absolute atomic E-state index is 11.8. The summed E-state index contributed by atoms with van der Waals surface area (Å²) in [4.78, 5) is 14.1. The van der Waals surface area contributed by atoms with Crippen molar-refractivity contribution in [3.63, 3.8) is 0 Å². The minimum atomic E-state index is 0.144. The second kappa shape index (κ2) is 6.97. The molecule has 0 radical (unpaired) electrons. The summed E-state index contributed by atoms with van der Waals surface area (Å²) >= 11 is 0. The highest BCUT2D eigenvalue weighted by Crippen LogP contribution is 2.15. The van der Waals surface area contributed by atoms with Crippen molar-refractivity contribution >= 4 is 5.91 Å². The Bertz CT molecular complexity index is 241. The normalized spacial score (nSPS) is 19.8. The molecule has 1 aliphatic rings. The van der Waals surface area contributed by atoms with E-state index in [0.29, 0.717) is 12.0 Å². The molecule has 2 unspecified atom stereocenters. The maximum atomic E-state index is 11.8. The molecule has 4 heteroatoms. The lowest BCUT2D eigenvalue weighted by Gasteiger charge is -2.32. The van der Waals surface area contributed by atoms with E-state index in [1.165, 1.54) is 0 Å². The summed E-state index contributed by atoms with van der Waals surface area (Å²) in [6, 6.07) is 0.583. The first-order valence-corrected chi connectivity index (χ1v) is 6.74. The molecule has 0 aliphatic carbocycles. The standard InChI is InChI=1S/C13H27N3O/c1-5-10(2)16(4)7-6-15-13(17)11(3)12-8-14-9-12/h10-12,14H,5-9H2,1-4H3,(H,15,17). The van der Waals surface area contributed by atoms with Crippen molar-refractivity contribution in [3.05, 3.63) is 0 Å². The molecule has 0 aromatic heterocycles. The Hall–Kier alpha value is -0.610. The van der Waals surface area contributed by atoms with E-state index in [1.54, 1.807) is 0 Å². The number of hydrogen-bond acceptors (Lipinski definition) is 3. The molecule has 1 amide bonds. The van der Waals surface area contributed by atoms with Gasteiger partial charge in [0.25, 0.3) is 0 Å². The third-order valence-corrected chi connectivity index (χ3v) is 4.04. The smallest absolute Gasteiger partial charge is 0.223 e. The molecule has 1 fully saturated rings. The van der Waals surface area contributed by atoms with Gasteiger partial charge < -0.3 is 15.5 Å². The quantitative estimate of drug-likeness (QED) is 0.689. The van der Waals surface area contributed by atoms with E-state index in [2.05, 4.69) is 36.4 Å². The molecular formula is C13H27N3O. The number of carbonyl (C=O) groups excluding carboxylic acids is 1. The maximum Gasteiger partial charge on any atom is 0.223 e. The van der Waals surface area contributed by atoms with Gasteiger partial charge in [0.15, 0.2) is 0 Å². The summed E-state index contributed by atoms with van der Waals surface area (Å²) in [7, 11) is 2.11. The highest BCUT2D eigenvalue weighted by Gasteiger charge is 2.28. The number of nitrogens with zero attached hydrogens (tertiary/aromatic N) is 1. The summed E-state index contributed by atoms with van der Waals surface area (Å²) in [5.41, 5.74) is 0. The van der Waals surface area contributed by atoms with Crippen molar-refractivity contribution in [2.24, 2.45) is 11.8 Å². The summed E-state index contributed by atoms with van der Waals surface area (Å²) in [6.45, 7) is 10.1. The van der Waals surface area contributed by atoms with Crippen LogP contribution in [0.3, 0.4) is 0 Å². The van der Waals surface area contributed by atoms with Crippen LogP contribution in [0, 0.1) is 11.8 Å². The molecule has 1 heterocycles. The van der Waals surface area contributed by atoms with E-state index >= 15 is 0 Å². The van der Waals surface area contributed by atoms with Crippen molar-refractivity contribution < 1.29 is 4.79 Å². The van der Waals surface area contributed by atoms with Crippen LogP contribution >= 0.6 is 0 Å². The van der Waals surface area contributed by atoms with E-state index in [9.17, 15) is 4.79 Å². The number of carbonyl (C=O) groups is 1. The molecule has 4 nitrogen and oxygen atoms in total. The molecule has 1 saturated heterocycles. The molecule has 17 heavy (non-hydrogen) atoms. The van der Waals surface area contributed by atoms with Gasteiger partial charge in [-0.3, -0.25) is 4.79 Å². The molecule has 1 aliphatic heterocycles. The lowest BCUT2D eigenvalue weighted by molar-refractivity contribution is -0.126. The third-order valence-electron chi connectivity index (χ3n) is 4.04. The predicted octanol–water partition coefficient (Wildman–Crippen LogP) is 0.688. The van der Waals surface area contributed by atoms with Gasteiger partial charge in [-0.15, -0.1) is 0 Å². The Morgan fingerprint density at radius 1 is 1.47 bits per heavy atom. The van der Waals surface area contributed by atoms with Crippen molar-refractivity contribution in [3.8, 4) is 0 Å². The predicted molar refractivity (Wildman–Crippen MR) is 70.9 cm³/mol. The van der Waals surface area contributed by atoms with Crippen molar-refractivity contribution in [2.75, 3.05) is 33.2 Å². The van der Waals surface area contributed by atoms with E-state index in [0.717, 1.165) is 32.6 Å².